The molecule has 0 saturated carbocycles. The molecule has 0 rings (SSSR count). The molecule has 0 N–H and O–H groups in total. The van der Waals surface area contributed by atoms with E-state index in [1.54, 1.807) is 0 Å². The second kappa shape index (κ2) is 2.42. The Kier molecular flexibility index (Phi) is 0.583. The molecule has 0 aliphatic heterocycles. The second-order valence-corrected chi connectivity index (χ2v) is 1.73. The second-order valence-electron chi connectivity index (χ2n) is 1.73. The Morgan fingerprint density at radius 1 is 1.75 bits per heavy atom. The minimum Gasteiger partial charge on any atom is -0.207 e. The number of hydrogen-bond acceptors (Lipinski definition) is 0. The Morgan fingerprint density at radius 3 is 2.38 bits per heavy atom. The van der Waals surface area contributed by atoms with Crippen LogP contribution in [0.4, 0.5) is 8.78 Å². The zero-order chi connectivity index (χ0) is 12.7. The molecule has 0 aromatic carbocycles. The van der Waals surface area contributed by atoms with Crippen LogP contribution in [0.25, 0.3) is 0 Å². The first-order valence-corrected chi connectivity index (χ1v) is 2.09. The Hall–Kier alpha value is -0.140. The van der Waals surface area contributed by atoms with Crippen molar-refractivity contribution in [2.45, 2.75) is 33.0 Å². The van der Waals surface area contributed by atoms with Crippen molar-refractivity contribution < 1.29 is 18.4 Å². The fourth-order valence-corrected chi connectivity index (χ4v) is 0.310. The van der Waals surface area contributed by atoms with Gasteiger partial charge in [-0.15, -0.1) is 0 Å². The van der Waals surface area contributed by atoms with E-state index in [-0.39, 0.29) is 0 Å². The van der Waals surface area contributed by atoms with Crippen LogP contribution in [0.2, 0.25) is 0 Å². The van der Waals surface area contributed by atoms with Crippen LogP contribution in [0.3, 0.4) is 0 Å². The highest BCUT2D eigenvalue weighted by Gasteiger charge is 2.21. The summed E-state index contributed by atoms with van der Waals surface area (Å²) in [7, 11) is 0. The first-order chi connectivity index (χ1) is 6.21. The molecule has 0 radical (unpaired) electrons. The molecule has 0 aromatic rings. The maximum atomic E-state index is 12.7. The number of alkyl halides is 2. The molecule has 0 amide bonds. The summed E-state index contributed by atoms with van der Waals surface area (Å²) in [4.78, 5) is 0. The summed E-state index contributed by atoms with van der Waals surface area (Å²) in [5, 5.41) is 0. The molecule has 0 aromatic heterocycles. The van der Waals surface area contributed by atoms with Crippen molar-refractivity contribution in [1.82, 2.24) is 0 Å². The van der Waals surface area contributed by atoms with Gasteiger partial charge in [0, 0.05) is 16.0 Å². The zero-order valence-corrected chi connectivity index (χ0v) is 4.46. The lowest BCUT2D eigenvalue weighted by Crippen LogP contribution is -2.12. The molecule has 0 saturated heterocycles. The van der Waals surface area contributed by atoms with Crippen molar-refractivity contribution in [3.05, 3.63) is 0 Å². The third-order valence-corrected chi connectivity index (χ3v) is 0.487. The van der Waals surface area contributed by atoms with Gasteiger partial charge in [-0.05, 0) is 12.8 Å². The van der Waals surface area contributed by atoms with E-state index >= 15 is 0 Å². The van der Waals surface area contributed by atoms with E-state index in [4.69, 9.17) is 9.60 Å². The van der Waals surface area contributed by atoms with Crippen molar-refractivity contribution in [1.29, 1.82) is 0 Å². The lowest BCUT2D eigenvalue weighted by Gasteiger charge is -2.11. The van der Waals surface area contributed by atoms with E-state index < -0.39 is 31.9 Å². The van der Waals surface area contributed by atoms with Gasteiger partial charge in [0.25, 0.3) is 0 Å². The van der Waals surface area contributed by atoms with Crippen LogP contribution in [-0.4, -0.2) is 5.92 Å². The van der Waals surface area contributed by atoms with Crippen LogP contribution in [0, 0.1) is 5.89 Å². The fourth-order valence-electron chi connectivity index (χ4n) is 0.310. The van der Waals surface area contributed by atoms with Gasteiger partial charge in [-0.3, -0.25) is 0 Å². The van der Waals surface area contributed by atoms with Gasteiger partial charge in [0.2, 0.25) is 5.92 Å². The molecule has 0 atom stereocenters. The van der Waals surface area contributed by atoms with Gasteiger partial charge in [-0.2, -0.15) is 0 Å². The van der Waals surface area contributed by atoms with E-state index in [2.05, 4.69) is 0 Å². The van der Waals surface area contributed by atoms with Crippen molar-refractivity contribution in [2.75, 3.05) is 0 Å². The fraction of sp³-hybridized carbons (Fsp3) is 1.00. The molecule has 0 bridgehead atoms. The van der Waals surface area contributed by atoms with Crippen LogP contribution in [-0.2, 0) is 0 Å². The topological polar surface area (TPSA) is 0 Å². The summed E-state index contributed by atoms with van der Waals surface area (Å²) < 4.78 is 73.8. The molecule has 0 aliphatic carbocycles. The van der Waals surface area contributed by atoms with Gasteiger partial charge in [0.05, 0.1) is 0 Å². The van der Waals surface area contributed by atoms with E-state index in [0.717, 1.165) is 0 Å². The van der Waals surface area contributed by atoms with Gasteiger partial charge in [0.1, 0.15) is 0 Å². The third kappa shape index (κ3) is 5.86. The van der Waals surface area contributed by atoms with E-state index in [1.807, 2.05) is 0 Å². The molecule has 0 heterocycles. The first kappa shape index (κ1) is 1.93. The van der Waals surface area contributed by atoms with Crippen molar-refractivity contribution in [3.63, 3.8) is 0 Å². The summed E-state index contributed by atoms with van der Waals surface area (Å²) in [5.41, 5.74) is 0. The minimum absolute atomic E-state index is 0.397. The predicted molar refractivity (Wildman–Crippen MR) is 30.1 cm³/mol. The van der Waals surface area contributed by atoms with Crippen molar-refractivity contribution in [3.8, 4) is 0 Å². The normalized spacial score (nSPS) is 30.1. The molecule has 0 unspecified atom stereocenters. The minimum atomic E-state index is -3.51. The molecule has 0 aliphatic rings. The van der Waals surface area contributed by atoms with E-state index in [0.29, 0.717) is 6.92 Å². The van der Waals surface area contributed by atoms with Crippen LogP contribution >= 0.6 is 0 Å². The lowest BCUT2D eigenvalue weighted by molar-refractivity contribution is 0.000982. The first-order valence-electron chi connectivity index (χ1n) is 5.59. The molecular formula is C6H12F2. The Labute approximate surface area is 58.7 Å². The van der Waals surface area contributed by atoms with Gasteiger partial charge in [0.15, 0.2) is 0 Å². The summed E-state index contributed by atoms with van der Waals surface area (Å²) in [6.45, 7) is -6.16. The standard InChI is InChI=1S/C6H12F2/c1-5(2)4-6(3,7)8/h5H,4H2,1-3H3/i1D3,2D3,5D. The van der Waals surface area contributed by atoms with Crippen molar-refractivity contribution in [2.24, 2.45) is 5.89 Å². The Balaban J connectivity index is 5.26. The maximum absolute atomic E-state index is 12.7. The number of halogens is 2. The molecule has 0 spiro atoms. The van der Waals surface area contributed by atoms with Crippen LogP contribution < -0.4 is 0 Å². The van der Waals surface area contributed by atoms with Crippen LogP contribution in [0.5, 0.6) is 0 Å². The summed E-state index contributed by atoms with van der Waals surface area (Å²) >= 11 is 0. The smallest absolute Gasteiger partial charge is 0.207 e. The van der Waals surface area contributed by atoms with Gasteiger partial charge in [-0.1, -0.05) is 13.7 Å². The van der Waals surface area contributed by atoms with Crippen LogP contribution in [0.15, 0.2) is 0 Å². The average molecular weight is 129 g/mol. The number of hydrogen-bond donors (Lipinski definition) is 0. The van der Waals surface area contributed by atoms with Gasteiger partial charge < -0.3 is 0 Å². The molecule has 50 valence electrons. The summed E-state index contributed by atoms with van der Waals surface area (Å²) in [5.74, 6) is -6.65. The zero-order valence-electron chi connectivity index (χ0n) is 11.5. The van der Waals surface area contributed by atoms with Crippen molar-refractivity contribution >= 4 is 0 Å². The van der Waals surface area contributed by atoms with Gasteiger partial charge in [-0.25, -0.2) is 8.78 Å². The summed E-state index contributed by atoms with van der Waals surface area (Å²) in [6.07, 6.45) is -1.52. The highest BCUT2D eigenvalue weighted by molar-refractivity contribution is 4.59. The Morgan fingerprint density at radius 2 is 2.25 bits per heavy atom. The Bertz CT molecular complexity index is 209. The molecule has 8 heavy (non-hydrogen) atoms. The molecule has 0 nitrogen and oxygen atoms in total. The maximum Gasteiger partial charge on any atom is 0.245 e. The quantitative estimate of drug-likeness (QED) is 0.537. The largest absolute Gasteiger partial charge is 0.245 e. The number of rotatable bonds is 2. The molecule has 0 fully saturated rings. The monoisotopic (exact) mass is 129 g/mol. The SMILES string of the molecule is [2H]C([2H])([2H])C([2H])(CC(C)(F)F)C([2H])([2H])[2H]. The summed E-state index contributed by atoms with van der Waals surface area (Å²) in [6, 6.07) is 0. The average Bonchev–Trinajstić information content (AvgIpc) is 1.77. The van der Waals surface area contributed by atoms with Gasteiger partial charge >= 0.3 is 0 Å². The highest BCUT2D eigenvalue weighted by atomic mass is 19.3. The molecule has 2 heteroatoms. The van der Waals surface area contributed by atoms with E-state index in [9.17, 15) is 8.78 Å². The van der Waals surface area contributed by atoms with Crippen LogP contribution in [0.1, 0.15) is 36.6 Å². The lowest BCUT2D eigenvalue weighted by atomic mass is 10.1. The van der Waals surface area contributed by atoms with E-state index in [1.165, 1.54) is 0 Å². The third-order valence-electron chi connectivity index (χ3n) is 0.487. The highest BCUT2D eigenvalue weighted by Crippen LogP contribution is 2.21. The predicted octanol–water partition coefficient (Wildman–Crippen LogP) is 2.69. The molecular weight excluding hydrogens is 110 g/mol.